The molecule has 3 aromatic rings. The second-order valence-electron chi connectivity index (χ2n) is 6.02. The SMILES string of the molecule is Cn1nccc1[C@@H](O)c1cc2n(n1)CCN(C(=O)c1cc(Cl)c[nH]1)C2. The Kier molecular flexibility index (Phi) is 3.85. The van der Waals surface area contributed by atoms with Crippen molar-refractivity contribution in [2.24, 2.45) is 7.05 Å². The lowest BCUT2D eigenvalue weighted by molar-refractivity contribution is 0.0700. The number of carbonyl (C=O) groups is 1. The predicted octanol–water partition coefficient (Wildman–Crippen LogP) is 1.34. The van der Waals surface area contributed by atoms with Crippen LogP contribution in [0.3, 0.4) is 0 Å². The molecule has 0 saturated carbocycles. The van der Waals surface area contributed by atoms with Gasteiger partial charge in [0.1, 0.15) is 11.8 Å². The van der Waals surface area contributed by atoms with E-state index in [1.807, 2.05) is 10.7 Å². The van der Waals surface area contributed by atoms with Crippen LogP contribution in [-0.2, 0) is 20.1 Å². The highest BCUT2D eigenvalue weighted by molar-refractivity contribution is 6.30. The van der Waals surface area contributed by atoms with Gasteiger partial charge in [0.2, 0.25) is 0 Å². The van der Waals surface area contributed by atoms with Gasteiger partial charge in [0.25, 0.3) is 5.91 Å². The Balaban J connectivity index is 1.55. The molecule has 0 radical (unpaired) electrons. The minimum atomic E-state index is -0.850. The molecule has 1 amide bonds. The number of aliphatic hydroxyl groups excluding tert-OH is 1. The highest BCUT2D eigenvalue weighted by Gasteiger charge is 2.26. The van der Waals surface area contributed by atoms with E-state index in [9.17, 15) is 9.90 Å². The molecular weight excluding hydrogens is 344 g/mol. The topological polar surface area (TPSA) is 92.0 Å². The Morgan fingerprint density at radius 1 is 1.40 bits per heavy atom. The second kappa shape index (κ2) is 6.05. The number of rotatable bonds is 3. The molecule has 2 N–H and O–H groups in total. The number of aryl methyl sites for hydroxylation is 1. The average molecular weight is 361 g/mol. The Bertz CT molecular complexity index is 927. The van der Waals surface area contributed by atoms with Gasteiger partial charge in [0.05, 0.1) is 35.2 Å². The highest BCUT2D eigenvalue weighted by Crippen LogP contribution is 2.24. The minimum absolute atomic E-state index is 0.104. The van der Waals surface area contributed by atoms with Gasteiger partial charge in [0.15, 0.2) is 0 Å². The van der Waals surface area contributed by atoms with Crippen LogP contribution in [0.2, 0.25) is 5.02 Å². The van der Waals surface area contributed by atoms with E-state index in [0.29, 0.717) is 41.7 Å². The van der Waals surface area contributed by atoms with Gasteiger partial charge in [-0.3, -0.25) is 14.2 Å². The molecule has 3 aromatic heterocycles. The van der Waals surface area contributed by atoms with E-state index in [1.165, 1.54) is 0 Å². The van der Waals surface area contributed by atoms with Gasteiger partial charge in [-0.2, -0.15) is 10.2 Å². The molecule has 130 valence electrons. The molecule has 0 spiro atoms. The summed E-state index contributed by atoms with van der Waals surface area (Å²) in [5, 5.41) is 19.6. The third-order valence-electron chi connectivity index (χ3n) is 4.40. The summed E-state index contributed by atoms with van der Waals surface area (Å²) in [7, 11) is 1.77. The minimum Gasteiger partial charge on any atom is -0.380 e. The number of hydrogen-bond acceptors (Lipinski definition) is 4. The summed E-state index contributed by atoms with van der Waals surface area (Å²) in [5.41, 5.74) is 2.57. The molecule has 0 aromatic carbocycles. The monoisotopic (exact) mass is 360 g/mol. The van der Waals surface area contributed by atoms with Gasteiger partial charge in [0, 0.05) is 26.0 Å². The molecule has 0 fully saturated rings. The van der Waals surface area contributed by atoms with Crippen molar-refractivity contribution in [3.63, 3.8) is 0 Å². The molecule has 1 aliphatic heterocycles. The van der Waals surface area contributed by atoms with Crippen molar-refractivity contribution in [1.82, 2.24) is 29.4 Å². The van der Waals surface area contributed by atoms with E-state index in [2.05, 4.69) is 15.2 Å². The van der Waals surface area contributed by atoms with Crippen LogP contribution >= 0.6 is 11.6 Å². The standard InChI is InChI=1S/C16H17ClN6O2/c1-21-14(2-3-19-21)15(24)12-7-11-9-22(4-5-23(11)20-12)16(25)13-6-10(17)8-18-13/h2-3,6-8,15,18,24H,4-5,9H2,1H3/t15-/m0/s1. The number of hydrogen-bond donors (Lipinski definition) is 2. The van der Waals surface area contributed by atoms with Crippen LogP contribution in [-0.4, -0.2) is 47.0 Å². The Morgan fingerprint density at radius 2 is 2.24 bits per heavy atom. The van der Waals surface area contributed by atoms with Gasteiger partial charge in [-0.1, -0.05) is 11.6 Å². The normalized spacial score (nSPS) is 15.2. The zero-order valence-corrected chi connectivity index (χ0v) is 14.3. The number of carbonyl (C=O) groups excluding carboxylic acids is 1. The number of amides is 1. The zero-order chi connectivity index (χ0) is 17.6. The lowest BCUT2D eigenvalue weighted by Crippen LogP contribution is -2.38. The van der Waals surface area contributed by atoms with Crippen LogP contribution in [0.4, 0.5) is 0 Å². The van der Waals surface area contributed by atoms with Crippen LogP contribution in [0, 0.1) is 0 Å². The van der Waals surface area contributed by atoms with Gasteiger partial charge >= 0.3 is 0 Å². The first-order chi connectivity index (χ1) is 12.0. The van der Waals surface area contributed by atoms with Gasteiger partial charge < -0.3 is 15.0 Å². The average Bonchev–Trinajstić information content (AvgIpc) is 3.32. The molecule has 4 rings (SSSR count). The lowest BCUT2D eigenvalue weighted by Gasteiger charge is -2.27. The number of aromatic nitrogens is 5. The van der Waals surface area contributed by atoms with E-state index >= 15 is 0 Å². The summed E-state index contributed by atoms with van der Waals surface area (Å²) in [5.74, 6) is -0.104. The molecule has 0 bridgehead atoms. The van der Waals surface area contributed by atoms with Crippen LogP contribution in [0.15, 0.2) is 30.6 Å². The maximum Gasteiger partial charge on any atom is 0.270 e. The third kappa shape index (κ3) is 2.83. The number of H-pyrrole nitrogens is 1. The quantitative estimate of drug-likeness (QED) is 0.737. The number of fused-ring (bicyclic) bond motifs is 1. The summed E-state index contributed by atoms with van der Waals surface area (Å²) in [6, 6.07) is 5.21. The van der Waals surface area contributed by atoms with Gasteiger partial charge in [-0.05, 0) is 18.2 Å². The molecule has 8 nitrogen and oxygen atoms in total. The Labute approximate surface area is 148 Å². The smallest absolute Gasteiger partial charge is 0.270 e. The number of halogens is 1. The van der Waals surface area contributed by atoms with Crippen LogP contribution < -0.4 is 0 Å². The maximum absolute atomic E-state index is 12.5. The van der Waals surface area contributed by atoms with Crippen molar-refractivity contribution in [3.8, 4) is 0 Å². The number of nitrogens with zero attached hydrogens (tertiary/aromatic N) is 5. The first-order valence-corrected chi connectivity index (χ1v) is 8.26. The molecular formula is C16H17ClN6O2. The number of aromatic amines is 1. The highest BCUT2D eigenvalue weighted by atomic mass is 35.5. The fraction of sp³-hybridized carbons (Fsp3) is 0.312. The van der Waals surface area contributed by atoms with E-state index in [4.69, 9.17) is 11.6 Å². The number of aliphatic hydroxyl groups is 1. The van der Waals surface area contributed by atoms with E-state index in [-0.39, 0.29) is 5.91 Å². The van der Waals surface area contributed by atoms with Crippen molar-refractivity contribution in [2.75, 3.05) is 6.54 Å². The van der Waals surface area contributed by atoms with Crippen molar-refractivity contribution in [2.45, 2.75) is 19.2 Å². The summed E-state index contributed by atoms with van der Waals surface area (Å²) in [6.45, 7) is 1.56. The summed E-state index contributed by atoms with van der Waals surface area (Å²) in [6.07, 6.45) is 2.37. The fourth-order valence-corrected chi connectivity index (χ4v) is 3.22. The molecule has 0 aliphatic carbocycles. The van der Waals surface area contributed by atoms with Crippen molar-refractivity contribution in [1.29, 1.82) is 0 Å². The maximum atomic E-state index is 12.5. The van der Waals surface area contributed by atoms with Crippen molar-refractivity contribution >= 4 is 17.5 Å². The van der Waals surface area contributed by atoms with Crippen LogP contribution in [0.5, 0.6) is 0 Å². The summed E-state index contributed by atoms with van der Waals surface area (Å²) >= 11 is 5.87. The van der Waals surface area contributed by atoms with Gasteiger partial charge in [-0.25, -0.2) is 0 Å². The molecule has 25 heavy (non-hydrogen) atoms. The molecule has 0 unspecified atom stereocenters. The molecule has 1 aliphatic rings. The van der Waals surface area contributed by atoms with Crippen molar-refractivity contribution in [3.05, 3.63) is 58.4 Å². The fourth-order valence-electron chi connectivity index (χ4n) is 3.06. The van der Waals surface area contributed by atoms with Gasteiger partial charge in [-0.15, -0.1) is 0 Å². The second-order valence-corrected chi connectivity index (χ2v) is 6.46. The molecule has 1 atom stereocenters. The third-order valence-corrected chi connectivity index (χ3v) is 4.62. The first-order valence-electron chi connectivity index (χ1n) is 7.88. The molecule has 9 heteroatoms. The first kappa shape index (κ1) is 15.9. The van der Waals surface area contributed by atoms with E-state index in [0.717, 1.165) is 5.69 Å². The zero-order valence-electron chi connectivity index (χ0n) is 13.6. The summed E-state index contributed by atoms with van der Waals surface area (Å²) < 4.78 is 3.45. The van der Waals surface area contributed by atoms with Crippen molar-refractivity contribution < 1.29 is 9.90 Å². The largest absolute Gasteiger partial charge is 0.380 e. The molecule has 4 heterocycles. The summed E-state index contributed by atoms with van der Waals surface area (Å²) in [4.78, 5) is 17.2. The van der Waals surface area contributed by atoms with Crippen LogP contribution in [0.1, 0.15) is 33.7 Å². The molecule has 0 saturated heterocycles. The lowest BCUT2D eigenvalue weighted by atomic mass is 10.1. The Hall–Kier alpha value is -2.58. The Morgan fingerprint density at radius 3 is 2.92 bits per heavy atom. The predicted molar refractivity (Wildman–Crippen MR) is 90.0 cm³/mol. The number of nitrogens with one attached hydrogen (secondary N) is 1. The van der Waals surface area contributed by atoms with E-state index < -0.39 is 6.10 Å². The van der Waals surface area contributed by atoms with E-state index in [1.54, 1.807) is 41.2 Å². The van der Waals surface area contributed by atoms with Crippen LogP contribution in [0.25, 0.3) is 0 Å².